The molecule has 6 heteroatoms. The maximum Gasteiger partial charge on any atom is 0.242 e. The molecule has 0 amide bonds. The molecule has 0 heterocycles. The van der Waals surface area contributed by atoms with Crippen LogP contribution in [0.15, 0.2) is 57.9 Å². The van der Waals surface area contributed by atoms with E-state index >= 15 is 0 Å². The van der Waals surface area contributed by atoms with E-state index in [1.54, 1.807) is 24.3 Å². The smallest absolute Gasteiger partial charge is 0.242 e. The number of benzene rings is 2. The second kappa shape index (κ2) is 6.39. The quantitative estimate of drug-likeness (QED) is 0.867. The molecule has 0 saturated carbocycles. The number of halogens is 1. The van der Waals surface area contributed by atoms with Crippen LogP contribution in [0.1, 0.15) is 5.56 Å². The number of sulfonamides is 1. The molecule has 0 fully saturated rings. The number of nitrogens with one attached hydrogen (secondary N) is 2. The zero-order valence-electron chi connectivity index (χ0n) is 10.9. The maximum absolute atomic E-state index is 11.9. The first kappa shape index (κ1) is 15.0. The van der Waals surface area contributed by atoms with E-state index in [0.717, 1.165) is 10.0 Å². The molecule has 2 aromatic carbocycles. The molecular weight excluding hydrogens is 340 g/mol. The number of hydrogen-bond donors (Lipinski definition) is 2. The Morgan fingerprint density at radius 1 is 1.05 bits per heavy atom. The van der Waals surface area contributed by atoms with Gasteiger partial charge in [0.1, 0.15) is 4.90 Å². The third kappa shape index (κ3) is 3.59. The van der Waals surface area contributed by atoms with Gasteiger partial charge in [-0.3, -0.25) is 0 Å². The van der Waals surface area contributed by atoms with Crippen molar-refractivity contribution in [1.29, 1.82) is 0 Å². The lowest BCUT2D eigenvalue weighted by molar-refractivity contribution is 0.588. The molecule has 2 N–H and O–H groups in total. The molecule has 0 saturated heterocycles. The second-order valence-corrected chi connectivity index (χ2v) is 6.95. The van der Waals surface area contributed by atoms with Gasteiger partial charge in [-0.25, -0.2) is 13.1 Å². The normalized spacial score (nSPS) is 11.3. The van der Waals surface area contributed by atoms with Crippen LogP contribution in [0, 0.1) is 0 Å². The number of hydrogen-bond acceptors (Lipinski definition) is 3. The highest BCUT2D eigenvalue weighted by Gasteiger charge is 2.15. The Hall–Kier alpha value is -1.37. The zero-order chi connectivity index (χ0) is 14.6. The summed E-state index contributed by atoms with van der Waals surface area (Å²) >= 11 is 3.38. The lowest BCUT2D eigenvalue weighted by Crippen LogP contribution is -2.20. The van der Waals surface area contributed by atoms with Crippen molar-refractivity contribution in [2.24, 2.45) is 0 Å². The summed E-state index contributed by atoms with van der Waals surface area (Å²) < 4.78 is 27.2. The molecule has 0 bridgehead atoms. The maximum atomic E-state index is 11.9. The molecule has 0 atom stereocenters. The molecule has 0 unspecified atom stereocenters. The monoisotopic (exact) mass is 354 g/mol. The van der Waals surface area contributed by atoms with Crippen molar-refractivity contribution in [3.63, 3.8) is 0 Å². The molecule has 2 aromatic rings. The van der Waals surface area contributed by atoms with Gasteiger partial charge in [0.15, 0.2) is 0 Å². The minimum atomic E-state index is -3.46. The highest BCUT2D eigenvalue weighted by atomic mass is 79.9. The van der Waals surface area contributed by atoms with Crippen LogP contribution in [0.2, 0.25) is 0 Å². The fourth-order valence-corrected chi connectivity index (χ4v) is 2.93. The SMILES string of the molecule is CNS(=O)(=O)c1ccccc1NCc1ccc(Br)cc1. The lowest BCUT2D eigenvalue weighted by Gasteiger charge is -2.12. The van der Waals surface area contributed by atoms with Crippen molar-refractivity contribution in [3.8, 4) is 0 Å². The van der Waals surface area contributed by atoms with Gasteiger partial charge < -0.3 is 5.32 Å². The molecule has 0 aromatic heterocycles. The second-order valence-electron chi connectivity index (χ2n) is 4.18. The largest absolute Gasteiger partial charge is 0.380 e. The summed E-state index contributed by atoms with van der Waals surface area (Å²) in [6.45, 7) is 0.559. The fraction of sp³-hybridized carbons (Fsp3) is 0.143. The molecule has 0 spiro atoms. The van der Waals surface area contributed by atoms with Gasteiger partial charge in [0.2, 0.25) is 10.0 Å². The van der Waals surface area contributed by atoms with E-state index in [1.807, 2.05) is 24.3 Å². The van der Waals surface area contributed by atoms with Gasteiger partial charge in [-0.15, -0.1) is 0 Å². The van der Waals surface area contributed by atoms with E-state index in [9.17, 15) is 8.42 Å². The number of anilines is 1. The van der Waals surface area contributed by atoms with Gasteiger partial charge in [-0.2, -0.15) is 0 Å². The molecular formula is C14H15BrN2O2S. The third-order valence-corrected chi connectivity index (χ3v) is 4.84. The summed E-state index contributed by atoms with van der Waals surface area (Å²) in [4.78, 5) is 0.250. The fourth-order valence-electron chi connectivity index (χ4n) is 1.76. The average Bonchev–Trinajstić information content (AvgIpc) is 2.47. The van der Waals surface area contributed by atoms with Gasteiger partial charge in [0, 0.05) is 11.0 Å². The van der Waals surface area contributed by atoms with Crippen LogP contribution < -0.4 is 10.0 Å². The van der Waals surface area contributed by atoms with Gasteiger partial charge in [0.05, 0.1) is 5.69 Å². The third-order valence-electron chi connectivity index (χ3n) is 2.84. The van der Waals surface area contributed by atoms with Crippen molar-refractivity contribution < 1.29 is 8.42 Å². The van der Waals surface area contributed by atoms with E-state index in [2.05, 4.69) is 26.0 Å². The van der Waals surface area contributed by atoms with Crippen molar-refractivity contribution in [1.82, 2.24) is 4.72 Å². The van der Waals surface area contributed by atoms with Crippen molar-refractivity contribution in [3.05, 3.63) is 58.6 Å². The van der Waals surface area contributed by atoms with Gasteiger partial charge in [-0.05, 0) is 36.9 Å². The van der Waals surface area contributed by atoms with E-state index in [0.29, 0.717) is 12.2 Å². The van der Waals surface area contributed by atoms with Crippen LogP contribution in [0.3, 0.4) is 0 Å². The van der Waals surface area contributed by atoms with E-state index in [1.165, 1.54) is 7.05 Å². The van der Waals surface area contributed by atoms with Crippen molar-refractivity contribution in [2.45, 2.75) is 11.4 Å². The van der Waals surface area contributed by atoms with Crippen LogP contribution >= 0.6 is 15.9 Å². The molecule has 0 aliphatic carbocycles. The van der Waals surface area contributed by atoms with Crippen molar-refractivity contribution in [2.75, 3.05) is 12.4 Å². The Morgan fingerprint density at radius 2 is 1.70 bits per heavy atom. The first-order valence-electron chi connectivity index (χ1n) is 6.04. The first-order valence-corrected chi connectivity index (χ1v) is 8.31. The highest BCUT2D eigenvalue weighted by molar-refractivity contribution is 9.10. The number of para-hydroxylation sites is 1. The van der Waals surface area contributed by atoms with E-state index in [4.69, 9.17) is 0 Å². The van der Waals surface area contributed by atoms with Gasteiger partial charge in [-0.1, -0.05) is 40.2 Å². The Morgan fingerprint density at radius 3 is 2.35 bits per heavy atom. The summed E-state index contributed by atoms with van der Waals surface area (Å²) in [5.74, 6) is 0. The van der Waals surface area contributed by atoms with Crippen LogP contribution in [0.25, 0.3) is 0 Å². The first-order chi connectivity index (χ1) is 9.53. The summed E-state index contributed by atoms with van der Waals surface area (Å²) in [5, 5.41) is 3.15. The lowest BCUT2D eigenvalue weighted by atomic mass is 10.2. The summed E-state index contributed by atoms with van der Waals surface area (Å²) in [7, 11) is -2.06. The minimum Gasteiger partial charge on any atom is -0.380 e. The standard InChI is InChI=1S/C14H15BrN2O2S/c1-16-20(18,19)14-5-3-2-4-13(14)17-10-11-6-8-12(15)9-7-11/h2-9,16-17H,10H2,1H3. The Kier molecular flexibility index (Phi) is 4.80. The summed E-state index contributed by atoms with van der Waals surface area (Å²) in [6.07, 6.45) is 0. The van der Waals surface area contributed by atoms with Crippen LogP contribution in [-0.2, 0) is 16.6 Å². The molecule has 0 radical (unpaired) electrons. The minimum absolute atomic E-state index is 0.250. The zero-order valence-corrected chi connectivity index (χ0v) is 13.3. The van der Waals surface area contributed by atoms with Crippen LogP contribution in [0.4, 0.5) is 5.69 Å². The predicted molar refractivity (Wildman–Crippen MR) is 84.2 cm³/mol. The summed E-state index contributed by atoms with van der Waals surface area (Å²) in [5.41, 5.74) is 1.66. The highest BCUT2D eigenvalue weighted by Crippen LogP contribution is 2.21. The van der Waals surface area contributed by atoms with E-state index in [-0.39, 0.29) is 4.90 Å². The topological polar surface area (TPSA) is 58.2 Å². The Bertz CT molecular complexity index is 685. The number of rotatable bonds is 5. The molecule has 4 nitrogen and oxygen atoms in total. The molecule has 106 valence electrons. The average molecular weight is 355 g/mol. The van der Waals surface area contributed by atoms with Crippen molar-refractivity contribution >= 4 is 31.6 Å². The van der Waals surface area contributed by atoms with Crippen LogP contribution in [0.5, 0.6) is 0 Å². The predicted octanol–water partition coefficient (Wildman–Crippen LogP) is 2.97. The molecule has 0 aliphatic heterocycles. The van der Waals surface area contributed by atoms with Crippen LogP contribution in [-0.4, -0.2) is 15.5 Å². The molecule has 2 rings (SSSR count). The van der Waals surface area contributed by atoms with E-state index < -0.39 is 10.0 Å². The van der Waals surface area contributed by atoms with Gasteiger partial charge >= 0.3 is 0 Å². The van der Waals surface area contributed by atoms with Gasteiger partial charge in [0.25, 0.3) is 0 Å². The molecule has 0 aliphatic rings. The Labute approximate surface area is 127 Å². The molecule has 20 heavy (non-hydrogen) atoms. The summed E-state index contributed by atoms with van der Waals surface area (Å²) in [6, 6.07) is 14.7. The Balaban J connectivity index is 2.20.